The molecule has 0 aliphatic carbocycles. The third-order valence-electron chi connectivity index (χ3n) is 3.23. The molecule has 108 valence electrons. The van der Waals surface area contributed by atoms with Crippen LogP contribution in [0.3, 0.4) is 0 Å². The van der Waals surface area contributed by atoms with E-state index in [0.717, 1.165) is 26.4 Å². The van der Waals surface area contributed by atoms with Crippen LogP contribution in [0.4, 0.5) is 0 Å². The molecule has 2 heterocycles. The van der Waals surface area contributed by atoms with Gasteiger partial charge in [-0.3, -0.25) is 4.79 Å². The molecule has 2 aromatic rings. The summed E-state index contributed by atoms with van der Waals surface area (Å²) in [7, 11) is 1.63. The number of rotatable bonds is 4. The van der Waals surface area contributed by atoms with E-state index in [1.807, 2.05) is 20.8 Å². The summed E-state index contributed by atoms with van der Waals surface area (Å²) < 4.78 is 5.04. The molecule has 1 amide bonds. The second kappa shape index (κ2) is 5.89. The number of fused-ring (bicyclic) bond motifs is 1. The Morgan fingerprint density at radius 1 is 1.45 bits per heavy atom. The Morgan fingerprint density at radius 2 is 2.15 bits per heavy atom. The number of aryl methyl sites for hydroxylation is 3. The maximum atomic E-state index is 12.3. The lowest BCUT2D eigenvalue weighted by Gasteiger charge is -2.12. The number of amides is 1. The predicted molar refractivity (Wildman–Crippen MR) is 82.6 cm³/mol. The zero-order valence-corrected chi connectivity index (χ0v) is 13.4. The summed E-state index contributed by atoms with van der Waals surface area (Å²) in [6.45, 7) is 8.45. The molecule has 0 radical (unpaired) electrons. The normalized spacial score (nSPS) is 12.7. The van der Waals surface area contributed by atoms with Crippen LogP contribution in [0.5, 0.6) is 0 Å². The summed E-state index contributed by atoms with van der Waals surface area (Å²) >= 11 is 1.46. The topological polar surface area (TPSA) is 51.2 Å². The van der Waals surface area contributed by atoms with Crippen molar-refractivity contribution in [1.29, 1.82) is 0 Å². The number of ether oxygens (including phenoxy) is 1. The van der Waals surface area contributed by atoms with Gasteiger partial charge < -0.3 is 10.1 Å². The second-order valence-corrected chi connectivity index (χ2v) is 6.15. The van der Waals surface area contributed by atoms with Gasteiger partial charge in [-0.1, -0.05) is 0 Å². The third-order valence-corrected chi connectivity index (χ3v) is 4.41. The number of thiophene rings is 1. The average molecular weight is 292 g/mol. The molecular formula is C15H20N2O2S. The van der Waals surface area contributed by atoms with E-state index in [-0.39, 0.29) is 11.9 Å². The number of pyridine rings is 1. The van der Waals surface area contributed by atoms with Crippen molar-refractivity contribution in [2.45, 2.75) is 33.7 Å². The standard InChI is InChI=1S/C15H20N2O2S/c1-8-6-9(2)17-15-12(8)11(4)13(20-15)14(18)16-10(3)7-19-5/h6,10H,7H2,1-5H3,(H,16,18). The zero-order chi connectivity index (χ0) is 14.9. The van der Waals surface area contributed by atoms with Crippen molar-refractivity contribution in [2.24, 2.45) is 0 Å². The quantitative estimate of drug-likeness (QED) is 0.942. The fraction of sp³-hybridized carbons (Fsp3) is 0.467. The number of hydrogen-bond acceptors (Lipinski definition) is 4. The molecular weight excluding hydrogens is 272 g/mol. The fourth-order valence-electron chi connectivity index (χ4n) is 2.42. The van der Waals surface area contributed by atoms with Gasteiger partial charge in [0.05, 0.1) is 11.5 Å². The van der Waals surface area contributed by atoms with Gasteiger partial charge in [0.1, 0.15) is 4.83 Å². The third kappa shape index (κ3) is 2.83. The highest BCUT2D eigenvalue weighted by molar-refractivity contribution is 7.20. The number of nitrogens with one attached hydrogen (secondary N) is 1. The van der Waals surface area contributed by atoms with Crippen molar-refractivity contribution in [3.05, 3.63) is 27.8 Å². The highest BCUT2D eigenvalue weighted by Crippen LogP contribution is 2.32. The Labute approximate surface area is 123 Å². The number of carbonyl (C=O) groups is 1. The van der Waals surface area contributed by atoms with E-state index in [1.165, 1.54) is 16.9 Å². The van der Waals surface area contributed by atoms with E-state index in [9.17, 15) is 4.79 Å². The van der Waals surface area contributed by atoms with Gasteiger partial charge in [-0.05, 0) is 44.9 Å². The van der Waals surface area contributed by atoms with Crippen molar-refractivity contribution in [3.8, 4) is 0 Å². The van der Waals surface area contributed by atoms with Crippen LogP contribution in [0, 0.1) is 20.8 Å². The molecule has 0 aliphatic rings. The Balaban J connectivity index is 2.38. The van der Waals surface area contributed by atoms with Crippen LogP contribution in [0.1, 0.15) is 33.4 Å². The van der Waals surface area contributed by atoms with E-state index in [4.69, 9.17) is 4.74 Å². The number of hydrogen-bond donors (Lipinski definition) is 1. The molecule has 0 bridgehead atoms. The molecule has 0 spiro atoms. The van der Waals surface area contributed by atoms with Crippen molar-refractivity contribution >= 4 is 27.5 Å². The van der Waals surface area contributed by atoms with Crippen LogP contribution >= 0.6 is 11.3 Å². The monoisotopic (exact) mass is 292 g/mol. The molecule has 0 fully saturated rings. The number of carbonyl (C=O) groups excluding carboxylic acids is 1. The van der Waals surface area contributed by atoms with Gasteiger partial charge >= 0.3 is 0 Å². The molecule has 0 saturated heterocycles. The molecule has 4 nitrogen and oxygen atoms in total. The van der Waals surface area contributed by atoms with Crippen LogP contribution in [-0.4, -0.2) is 30.6 Å². The van der Waals surface area contributed by atoms with Crippen molar-refractivity contribution in [1.82, 2.24) is 10.3 Å². The van der Waals surface area contributed by atoms with Gasteiger partial charge in [-0.25, -0.2) is 4.98 Å². The highest BCUT2D eigenvalue weighted by Gasteiger charge is 2.19. The van der Waals surface area contributed by atoms with Gasteiger partial charge in [-0.2, -0.15) is 0 Å². The Hall–Kier alpha value is -1.46. The molecule has 0 saturated carbocycles. The SMILES string of the molecule is COCC(C)NC(=O)c1sc2nc(C)cc(C)c2c1C. The second-order valence-electron chi connectivity index (χ2n) is 5.15. The smallest absolute Gasteiger partial charge is 0.262 e. The average Bonchev–Trinajstić information content (AvgIpc) is 2.66. The largest absolute Gasteiger partial charge is 0.383 e. The lowest BCUT2D eigenvalue weighted by atomic mass is 10.1. The summed E-state index contributed by atoms with van der Waals surface area (Å²) in [5.74, 6) is -0.0490. The van der Waals surface area contributed by atoms with E-state index in [2.05, 4.69) is 23.3 Å². The van der Waals surface area contributed by atoms with Crippen LogP contribution < -0.4 is 5.32 Å². The Morgan fingerprint density at radius 3 is 2.80 bits per heavy atom. The first-order chi connectivity index (χ1) is 9.43. The van der Waals surface area contributed by atoms with Crippen LogP contribution in [0.15, 0.2) is 6.07 Å². The van der Waals surface area contributed by atoms with E-state index >= 15 is 0 Å². The highest BCUT2D eigenvalue weighted by atomic mass is 32.1. The number of aromatic nitrogens is 1. The molecule has 1 atom stereocenters. The number of methoxy groups -OCH3 is 1. The van der Waals surface area contributed by atoms with Gasteiger partial charge in [0.2, 0.25) is 0 Å². The van der Waals surface area contributed by atoms with Crippen LogP contribution in [0.25, 0.3) is 10.2 Å². The minimum absolute atomic E-state index is 0.00657. The lowest BCUT2D eigenvalue weighted by Crippen LogP contribution is -2.35. The Kier molecular flexibility index (Phi) is 4.40. The molecule has 0 aromatic carbocycles. The summed E-state index contributed by atoms with van der Waals surface area (Å²) in [5, 5.41) is 4.05. The van der Waals surface area contributed by atoms with E-state index in [0.29, 0.717) is 6.61 Å². The van der Waals surface area contributed by atoms with Crippen LogP contribution in [-0.2, 0) is 4.74 Å². The summed E-state index contributed by atoms with van der Waals surface area (Å²) in [6, 6.07) is 2.05. The molecule has 2 rings (SSSR count). The number of nitrogens with zero attached hydrogens (tertiary/aromatic N) is 1. The molecule has 20 heavy (non-hydrogen) atoms. The van der Waals surface area contributed by atoms with Crippen molar-refractivity contribution in [2.75, 3.05) is 13.7 Å². The van der Waals surface area contributed by atoms with Gasteiger partial charge in [0.25, 0.3) is 5.91 Å². The van der Waals surface area contributed by atoms with E-state index in [1.54, 1.807) is 7.11 Å². The maximum absolute atomic E-state index is 12.3. The summed E-state index contributed by atoms with van der Waals surface area (Å²) in [4.78, 5) is 18.5. The molecule has 2 aromatic heterocycles. The first-order valence-corrected chi connectivity index (χ1v) is 7.42. The first-order valence-electron chi connectivity index (χ1n) is 6.61. The van der Waals surface area contributed by atoms with Gasteiger partial charge in [0, 0.05) is 24.2 Å². The molecule has 1 N–H and O–H groups in total. The minimum Gasteiger partial charge on any atom is -0.383 e. The van der Waals surface area contributed by atoms with Gasteiger partial charge in [0.15, 0.2) is 0 Å². The molecule has 5 heteroatoms. The predicted octanol–water partition coefficient (Wildman–Crippen LogP) is 2.99. The first kappa shape index (κ1) is 14.9. The maximum Gasteiger partial charge on any atom is 0.262 e. The van der Waals surface area contributed by atoms with Gasteiger partial charge in [-0.15, -0.1) is 11.3 Å². The Bertz CT molecular complexity index is 649. The van der Waals surface area contributed by atoms with E-state index < -0.39 is 0 Å². The fourth-order valence-corrected chi connectivity index (χ4v) is 3.62. The zero-order valence-electron chi connectivity index (χ0n) is 12.5. The van der Waals surface area contributed by atoms with Crippen molar-refractivity contribution < 1.29 is 9.53 Å². The van der Waals surface area contributed by atoms with Crippen molar-refractivity contribution in [3.63, 3.8) is 0 Å². The van der Waals surface area contributed by atoms with Crippen LogP contribution in [0.2, 0.25) is 0 Å². The molecule has 1 unspecified atom stereocenters. The minimum atomic E-state index is -0.0490. The lowest BCUT2D eigenvalue weighted by molar-refractivity contribution is 0.0909. The molecule has 0 aliphatic heterocycles. The summed E-state index contributed by atoms with van der Waals surface area (Å²) in [6.07, 6.45) is 0. The summed E-state index contributed by atoms with van der Waals surface area (Å²) in [5.41, 5.74) is 3.17.